The first-order valence-corrected chi connectivity index (χ1v) is 12.7. The number of rotatable bonds is 7. The summed E-state index contributed by atoms with van der Waals surface area (Å²) in [6.45, 7) is 8.04. The maximum absolute atomic E-state index is 15.0. The Bertz CT molecular complexity index is 1510. The number of ether oxygens (including phenoxy) is 1. The third-order valence-corrected chi connectivity index (χ3v) is 6.71. The molecule has 4 heterocycles. The molecule has 204 valence electrons. The minimum atomic E-state index is -0.666. The number of methoxy groups -OCH3 is 1. The van der Waals surface area contributed by atoms with Crippen LogP contribution in [0, 0.1) is 18.6 Å². The Morgan fingerprint density at radius 2 is 1.97 bits per heavy atom. The summed E-state index contributed by atoms with van der Waals surface area (Å²) >= 11 is 0. The van der Waals surface area contributed by atoms with Crippen molar-refractivity contribution in [3.8, 4) is 11.3 Å². The highest BCUT2D eigenvalue weighted by molar-refractivity contribution is 5.83. The van der Waals surface area contributed by atoms with E-state index in [4.69, 9.17) is 0 Å². The largest absolute Gasteiger partial charge is 0.453 e. The predicted octanol–water partition coefficient (Wildman–Crippen LogP) is 4.73. The van der Waals surface area contributed by atoms with Crippen LogP contribution in [0.1, 0.15) is 37.7 Å². The van der Waals surface area contributed by atoms with E-state index in [1.54, 1.807) is 18.3 Å². The third kappa shape index (κ3) is 5.65. The molecule has 0 saturated carbocycles. The number of pyridine rings is 1. The zero-order valence-corrected chi connectivity index (χ0v) is 22.2. The maximum Gasteiger partial charge on any atom is 0.407 e. The molecule has 10 nitrogen and oxygen atoms in total. The summed E-state index contributed by atoms with van der Waals surface area (Å²) in [6, 6.07) is 6.77. The topological polar surface area (TPSA) is 110 Å². The molecule has 1 amide bonds. The van der Waals surface area contributed by atoms with Crippen molar-refractivity contribution in [2.24, 2.45) is 0 Å². The summed E-state index contributed by atoms with van der Waals surface area (Å²) in [4.78, 5) is 30.8. The number of hydrogen-bond donors (Lipinski definition) is 2. The predicted molar refractivity (Wildman–Crippen MR) is 143 cm³/mol. The molecule has 0 unspecified atom stereocenters. The summed E-state index contributed by atoms with van der Waals surface area (Å²) in [5, 5.41) is 5.82. The molecule has 0 radical (unpaired) electrons. The highest BCUT2D eigenvalue weighted by atomic mass is 19.1. The lowest BCUT2D eigenvalue weighted by Crippen LogP contribution is -2.36. The van der Waals surface area contributed by atoms with Crippen molar-refractivity contribution in [1.29, 1.82) is 0 Å². The second kappa shape index (κ2) is 10.9. The van der Waals surface area contributed by atoms with E-state index in [2.05, 4.69) is 40.2 Å². The second-order valence-electron chi connectivity index (χ2n) is 9.87. The van der Waals surface area contributed by atoms with Crippen LogP contribution in [0.4, 0.5) is 25.3 Å². The number of carbonyl (C=O) groups is 1. The Balaban J connectivity index is 1.31. The van der Waals surface area contributed by atoms with Crippen LogP contribution in [0.25, 0.3) is 22.3 Å². The van der Waals surface area contributed by atoms with Gasteiger partial charge in [0.2, 0.25) is 5.95 Å². The van der Waals surface area contributed by atoms with Gasteiger partial charge in [-0.2, -0.15) is 0 Å². The van der Waals surface area contributed by atoms with Crippen LogP contribution in [-0.2, 0) is 11.3 Å². The van der Waals surface area contributed by atoms with Crippen molar-refractivity contribution in [3.05, 3.63) is 59.7 Å². The highest BCUT2D eigenvalue weighted by Crippen LogP contribution is 2.30. The van der Waals surface area contributed by atoms with Gasteiger partial charge in [-0.1, -0.05) is 6.07 Å². The first-order chi connectivity index (χ1) is 18.7. The number of fused-ring (bicyclic) bond motifs is 1. The zero-order valence-electron chi connectivity index (χ0n) is 22.2. The van der Waals surface area contributed by atoms with Crippen LogP contribution in [0.15, 0.2) is 36.7 Å². The van der Waals surface area contributed by atoms with Crippen molar-refractivity contribution in [2.75, 3.05) is 25.5 Å². The van der Waals surface area contributed by atoms with Crippen molar-refractivity contribution in [2.45, 2.75) is 45.8 Å². The van der Waals surface area contributed by atoms with Crippen LogP contribution in [0.3, 0.4) is 0 Å². The molecule has 4 aromatic rings. The fraction of sp³-hybridized carbons (Fsp3) is 0.370. The van der Waals surface area contributed by atoms with E-state index < -0.39 is 17.7 Å². The number of halogens is 2. The van der Waals surface area contributed by atoms with Gasteiger partial charge in [-0.05, 0) is 51.0 Å². The smallest absolute Gasteiger partial charge is 0.407 e. The van der Waals surface area contributed by atoms with Gasteiger partial charge < -0.3 is 19.9 Å². The van der Waals surface area contributed by atoms with Gasteiger partial charge in [0.05, 0.1) is 18.8 Å². The van der Waals surface area contributed by atoms with E-state index in [9.17, 15) is 13.6 Å². The van der Waals surface area contributed by atoms with Gasteiger partial charge in [0.25, 0.3) is 0 Å². The molecule has 1 aromatic carbocycles. The minimum absolute atomic E-state index is 0.0248. The molecule has 1 aliphatic heterocycles. The number of likely N-dealkylation sites (tertiary alicyclic amines) is 1. The maximum atomic E-state index is 15.0. The van der Waals surface area contributed by atoms with Gasteiger partial charge in [0, 0.05) is 43.5 Å². The number of aryl methyl sites for hydroxylation is 1. The Morgan fingerprint density at radius 1 is 1.15 bits per heavy atom. The zero-order chi connectivity index (χ0) is 27.7. The molecular formula is C27H30F2N8O2. The monoisotopic (exact) mass is 536 g/mol. The number of nitrogens with zero attached hydrogens (tertiary/aromatic N) is 6. The normalized spacial score (nSPS) is 15.7. The SMILES string of the molecule is COC(=O)N[C@@H]1CCN(Cc2ccc(Nc3ncc(F)c(-c4cc(F)c5nc(C)n(C(C)C)c5c4)n3)nc2)C1. The fourth-order valence-electron chi connectivity index (χ4n) is 4.97. The molecule has 3 aromatic heterocycles. The number of aromatic nitrogens is 5. The number of hydrogen-bond acceptors (Lipinski definition) is 8. The average molecular weight is 537 g/mol. The van der Waals surface area contributed by atoms with E-state index in [1.165, 1.54) is 13.2 Å². The molecule has 5 rings (SSSR count). The number of anilines is 2. The molecule has 0 bridgehead atoms. The Morgan fingerprint density at radius 3 is 2.69 bits per heavy atom. The molecule has 2 N–H and O–H groups in total. The number of alkyl carbamates (subject to hydrolysis) is 1. The quantitative estimate of drug-likeness (QED) is 0.349. The second-order valence-corrected chi connectivity index (χ2v) is 9.87. The Hall–Kier alpha value is -4.19. The van der Waals surface area contributed by atoms with Crippen LogP contribution in [0.5, 0.6) is 0 Å². The molecule has 1 fully saturated rings. The fourth-order valence-corrected chi connectivity index (χ4v) is 4.97. The van der Waals surface area contributed by atoms with E-state index in [0.29, 0.717) is 29.3 Å². The lowest BCUT2D eigenvalue weighted by molar-refractivity contribution is 0.166. The van der Waals surface area contributed by atoms with Gasteiger partial charge in [-0.25, -0.2) is 33.5 Å². The lowest BCUT2D eigenvalue weighted by atomic mass is 10.1. The molecular weight excluding hydrogens is 506 g/mol. The number of nitrogens with one attached hydrogen (secondary N) is 2. The minimum Gasteiger partial charge on any atom is -0.453 e. The van der Waals surface area contributed by atoms with Crippen molar-refractivity contribution < 1.29 is 18.3 Å². The molecule has 0 spiro atoms. The van der Waals surface area contributed by atoms with Crippen LogP contribution in [0.2, 0.25) is 0 Å². The lowest BCUT2D eigenvalue weighted by Gasteiger charge is -2.16. The van der Waals surface area contributed by atoms with E-state index in [-0.39, 0.29) is 29.2 Å². The standard InChI is InChI=1S/C27H30F2N8O2/c1-15(2)37-16(3)32-25-20(28)9-18(10-22(25)37)24-21(29)12-31-26(35-24)34-23-6-5-17(11-30-23)13-36-8-7-19(14-36)33-27(38)39-4/h5-6,9-12,15,19H,7-8,13-14H2,1-4H3,(H,33,38)(H,30,31,34,35)/t19-/m1/s1. The first-order valence-electron chi connectivity index (χ1n) is 12.7. The Kier molecular flexibility index (Phi) is 7.38. The van der Waals surface area contributed by atoms with Crippen molar-refractivity contribution in [3.63, 3.8) is 0 Å². The first kappa shape index (κ1) is 26.4. The summed E-state index contributed by atoms with van der Waals surface area (Å²) in [5.41, 5.74) is 2.08. The van der Waals surface area contributed by atoms with Gasteiger partial charge in [-0.15, -0.1) is 0 Å². The molecule has 1 atom stereocenters. The molecule has 39 heavy (non-hydrogen) atoms. The van der Waals surface area contributed by atoms with Crippen LogP contribution < -0.4 is 10.6 Å². The number of carbonyl (C=O) groups excluding carboxylic acids is 1. The summed E-state index contributed by atoms with van der Waals surface area (Å²) in [5.74, 6) is 0.0919. The molecule has 1 aliphatic rings. The van der Waals surface area contributed by atoms with Gasteiger partial charge >= 0.3 is 6.09 Å². The van der Waals surface area contributed by atoms with Crippen molar-refractivity contribution >= 4 is 28.9 Å². The van der Waals surface area contributed by atoms with Gasteiger partial charge in [-0.3, -0.25) is 4.90 Å². The number of amides is 1. The molecule has 1 saturated heterocycles. The molecule has 0 aliphatic carbocycles. The summed E-state index contributed by atoms with van der Waals surface area (Å²) in [7, 11) is 1.35. The Labute approximate surface area is 224 Å². The van der Waals surface area contributed by atoms with Crippen molar-refractivity contribution in [1.82, 2.24) is 34.7 Å². The third-order valence-electron chi connectivity index (χ3n) is 6.71. The summed E-state index contributed by atoms with van der Waals surface area (Å²) in [6.07, 6.45) is 3.22. The molecule has 12 heteroatoms. The van der Waals surface area contributed by atoms with Crippen LogP contribution >= 0.6 is 0 Å². The van der Waals surface area contributed by atoms with E-state index in [1.807, 2.05) is 31.4 Å². The highest BCUT2D eigenvalue weighted by Gasteiger charge is 2.24. The van der Waals surface area contributed by atoms with Crippen LogP contribution in [-0.4, -0.2) is 61.7 Å². The van der Waals surface area contributed by atoms with Gasteiger partial charge in [0.15, 0.2) is 11.6 Å². The van der Waals surface area contributed by atoms with Gasteiger partial charge in [0.1, 0.15) is 22.9 Å². The van der Waals surface area contributed by atoms with E-state index in [0.717, 1.165) is 31.3 Å². The summed E-state index contributed by atoms with van der Waals surface area (Å²) < 4.78 is 36.3. The number of benzene rings is 1. The average Bonchev–Trinajstić information content (AvgIpc) is 3.49. The van der Waals surface area contributed by atoms with E-state index >= 15 is 0 Å². The number of imidazole rings is 1.